The number of morpholine rings is 1. The van der Waals surface area contributed by atoms with Crippen molar-refractivity contribution in [3.63, 3.8) is 0 Å². The first-order valence-corrected chi connectivity index (χ1v) is 9.74. The molecule has 3 aromatic heterocycles. The number of hydrogen-bond acceptors (Lipinski definition) is 5. The Balaban J connectivity index is 1.62. The summed E-state index contributed by atoms with van der Waals surface area (Å²) in [7, 11) is 0. The van der Waals surface area contributed by atoms with Gasteiger partial charge in [-0.15, -0.1) is 0 Å². The molecule has 0 saturated carbocycles. The molecule has 4 heterocycles. The molecular weight excluding hydrogens is 354 g/mol. The average Bonchev–Trinajstić information content (AvgIpc) is 3.14. The molecule has 1 amide bonds. The lowest BCUT2D eigenvalue weighted by Crippen LogP contribution is -2.41. The molecule has 4 rings (SSSR count). The van der Waals surface area contributed by atoms with Gasteiger partial charge in [-0.2, -0.15) is 0 Å². The minimum Gasteiger partial charge on any atom is -0.378 e. The van der Waals surface area contributed by atoms with Gasteiger partial charge in [0.15, 0.2) is 5.69 Å². The SMILES string of the molecule is CCC(NCc1c(C(=O)N2CCOCC2)nc2ccccn12)c1ccncc1. The lowest BCUT2D eigenvalue weighted by molar-refractivity contribution is 0.0298. The van der Waals surface area contributed by atoms with Gasteiger partial charge in [0.25, 0.3) is 5.91 Å². The van der Waals surface area contributed by atoms with Gasteiger partial charge in [0.2, 0.25) is 0 Å². The molecule has 0 aliphatic carbocycles. The summed E-state index contributed by atoms with van der Waals surface area (Å²) in [6, 6.07) is 10.1. The zero-order valence-electron chi connectivity index (χ0n) is 16.0. The number of ether oxygens (including phenoxy) is 1. The molecule has 146 valence electrons. The maximum absolute atomic E-state index is 13.1. The van der Waals surface area contributed by atoms with Crippen molar-refractivity contribution in [1.29, 1.82) is 0 Å². The van der Waals surface area contributed by atoms with Gasteiger partial charge >= 0.3 is 0 Å². The van der Waals surface area contributed by atoms with Gasteiger partial charge in [0.05, 0.1) is 18.9 Å². The highest BCUT2D eigenvalue weighted by Crippen LogP contribution is 2.20. The monoisotopic (exact) mass is 379 g/mol. The second-order valence-corrected chi connectivity index (χ2v) is 6.86. The molecule has 1 N–H and O–H groups in total. The smallest absolute Gasteiger partial charge is 0.274 e. The van der Waals surface area contributed by atoms with Gasteiger partial charge in [-0.05, 0) is 36.2 Å². The Kier molecular flexibility index (Phi) is 5.64. The highest BCUT2D eigenvalue weighted by molar-refractivity contribution is 5.94. The Morgan fingerprint density at radius 1 is 1.21 bits per heavy atom. The topological polar surface area (TPSA) is 71.8 Å². The van der Waals surface area contributed by atoms with Crippen LogP contribution in [0.3, 0.4) is 0 Å². The molecular formula is C21H25N5O2. The maximum Gasteiger partial charge on any atom is 0.274 e. The molecule has 1 aliphatic rings. The van der Waals surface area contributed by atoms with Crippen molar-refractivity contribution in [2.24, 2.45) is 0 Å². The highest BCUT2D eigenvalue weighted by Gasteiger charge is 2.25. The summed E-state index contributed by atoms with van der Waals surface area (Å²) in [5.41, 5.74) is 3.38. The van der Waals surface area contributed by atoms with Crippen LogP contribution in [0.15, 0.2) is 48.9 Å². The van der Waals surface area contributed by atoms with Crippen LogP contribution in [-0.2, 0) is 11.3 Å². The van der Waals surface area contributed by atoms with Crippen molar-refractivity contribution >= 4 is 11.6 Å². The molecule has 0 bridgehead atoms. The molecule has 0 spiro atoms. The Labute approximate surface area is 164 Å². The first kappa shape index (κ1) is 18.6. The fourth-order valence-corrected chi connectivity index (χ4v) is 3.62. The summed E-state index contributed by atoms with van der Waals surface area (Å²) >= 11 is 0. The van der Waals surface area contributed by atoms with E-state index in [9.17, 15) is 4.79 Å². The molecule has 0 aromatic carbocycles. The quantitative estimate of drug-likeness (QED) is 0.712. The van der Waals surface area contributed by atoms with E-state index in [0.29, 0.717) is 38.5 Å². The Morgan fingerprint density at radius 3 is 2.75 bits per heavy atom. The van der Waals surface area contributed by atoms with E-state index in [1.165, 1.54) is 5.56 Å². The van der Waals surface area contributed by atoms with Crippen molar-refractivity contribution in [1.82, 2.24) is 24.6 Å². The molecule has 1 fully saturated rings. The lowest BCUT2D eigenvalue weighted by Gasteiger charge is -2.26. The van der Waals surface area contributed by atoms with Crippen LogP contribution in [0.25, 0.3) is 5.65 Å². The van der Waals surface area contributed by atoms with Gasteiger partial charge in [-0.25, -0.2) is 4.98 Å². The second-order valence-electron chi connectivity index (χ2n) is 6.86. The number of imidazole rings is 1. The average molecular weight is 379 g/mol. The molecule has 1 unspecified atom stereocenters. The van der Waals surface area contributed by atoms with Gasteiger partial charge < -0.3 is 19.4 Å². The summed E-state index contributed by atoms with van der Waals surface area (Å²) in [5.74, 6) is -0.0271. The van der Waals surface area contributed by atoms with Gasteiger partial charge in [0, 0.05) is 44.3 Å². The standard InChI is InChI=1S/C21H25N5O2/c1-2-17(16-6-8-22-9-7-16)23-15-18-20(21(27)25-11-13-28-14-12-25)24-19-5-3-4-10-26(18)19/h3-10,17,23H,2,11-15H2,1H3. The van der Waals surface area contributed by atoms with Crippen molar-refractivity contribution in [3.8, 4) is 0 Å². The number of nitrogens with one attached hydrogen (secondary N) is 1. The third-order valence-electron chi connectivity index (χ3n) is 5.16. The van der Waals surface area contributed by atoms with E-state index in [4.69, 9.17) is 4.74 Å². The third kappa shape index (κ3) is 3.76. The van der Waals surface area contributed by atoms with Crippen LogP contribution in [-0.4, -0.2) is 51.5 Å². The van der Waals surface area contributed by atoms with E-state index in [-0.39, 0.29) is 11.9 Å². The number of hydrogen-bond donors (Lipinski definition) is 1. The molecule has 28 heavy (non-hydrogen) atoms. The predicted octanol–water partition coefficient (Wildman–Crippen LogP) is 2.44. The number of rotatable bonds is 6. The number of carbonyl (C=O) groups excluding carboxylic acids is 1. The van der Waals surface area contributed by atoms with Gasteiger partial charge in [0.1, 0.15) is 5.65 Å². The summed E-state index contributed by atoms with van der Waals surface area (Å²) in [4.78, 5) is 23.7. The van der Waals surface area contributed by atoms with Crippen LogP contribution in [0, 0.1) is 0 Å². The van der Waals surface area contributed by atoms with E-state index >= 15 is 0 Å². The fraction of sp³-hybridized carbons (Fsp3) is 0.381. The molecule has 1 aliphatic heterocycles. The zero-order valence-corrected chi connectivity index (χ0v) is 16.0. The number of carbonyl (C=O) groups is 1. The summed E-state index contributed by atoms with van der Waals surface area (Å²) in [6.07, 6.45) is 6.51. The molecule has 0 radical (unpaired) electrons. The van der Waals surface area contributed by atoms with Gasteiger partial charge in [-0.3, -0.25) is 9.78 Å². The van der Waals surface area contributed by atoms with E-state index < -0.39 is 0 Å². The van der Waals surface area contributed by atoms with Crippen molar-refractivity contribution in [2.45, 2.75) is 25.9 Å². The Morgan fingerprint density at radius 2 is 2.00 bits per heavy atom. The molecule has 7 nitrogen and oxygen atoms in total. The minimum atomic E-state index is -0.0271. The van der Waals surface area contributed by atoms with Crippen LogP contribution in [0.5, 0.6) is 0 Å². The van der Waals surface area contributed by atoms with Crippen LogP contribution >= 0.6 is 0 Å². The zero-order chi connectivity index (χ0) is 19.3. The molecule has 1 atom stereocenters. The third-order valence-corrected chi connectivity index (χ3v) is 5.16. The number of nitrogens with zero attached hydrogens (tertiary/aromatic N) is 4. The van der Waals surface area contributed by atoms with Crippen LogP contribution in [0.2, 0.25) is 0 Å². The predicted molar refractivity (Wildman–Crippen MR) is 106 cm³/mol. The van der Waals surface area contributed by atoms with E-state index in [1.54, 1.807) is 12.4 Å². The number of amides is 1. The summed E-state index contributed by atoms with van der Waals surface area (Å²) in [5, 5.41) is 3.59. The highest BCUT2D eigenvalue weighted by atomic mass is 16.5. The maximum atomic E-state index is 13.1. The Hall–Kier alpha value is -2.77. The van der Waals surface area contributed by atoms with Crippen molar-refractivity contribution < 1.29 is 9.53 Å². The number of pyridine rings is 2. The summed E-state index contributed by atoms with van der Waals surface area (Å²) < 4.78 is 7.38. The van der Waals surface area contributed by atoms with E-state index in [2.05, 4.69) is 22.2 Å². The summed E-state index contributed by atoms with van der Waals surface area (Å²) in [6.45, 7) is 5.06. The Bertz CT molecular complexity index is 934. The van der Waals surface area contributed by atoms with Crippen LogP contribution in [0.1, 0.15) is 41.1 Å². The van der Waals surface area contributed by atoms with Crippen LogP contribution in [0.4, 0.5) is 0 Å². The largest absolute Gasteiger partial charge is 0.378 e. The normalized spacial score (nSPS) is 15.7. The number of fused-ring (bicyclic) bond motifs is 1. The number of aromatic nitrogens is 3. The lowest BCUT2D eigenvalue weighted by atomic mass is 10.1. The molecule has 7 heteroatoms. The van der Waals surface area contributed by atoms with Crippen molar-refractivity contribution in [3.05, 3.63) is 65.9 Å². The second kappa shape index (κ2) is 8.50. The van der Waals surface area contributed by atoms with Crippen LogP contribution < -0.4 is 5.32 Å². The van der Waals surface area contributed by atoms with E-state index in [1.807, 2.05) is 45.8 Å². The first-order valence-electron chi connectivity index (χ1n) is 9.74. The fourth-order valence-electron chi connectivity index (χ4n) is 3.62. The molecule has 3 aromatic rings. The van der Waals surface area contributed by atoms with Crippen molar-refractivity contribution in [2.75, 3.05) is 26.3 Å². The minimum absolute atomic E-state index is 0.0271. The molecule has 1 saturated heterocycles. The van der Waals surface area contributed by atoms with Gasteiger partial charge in [-0.1, -0.05) is 13.0 Å². The first-order chi connectivity index (χ1) is 13.8. The van der Waals surface area contributed by atoms with E-state index in [0.717, 1.165) is 17.8 Å².